The van der Waals surface area contributed by atoms with Gasteiger partial charge in [0.1, 0.15) is 5.82 Å². The van der Waals surface area contributed by atoms with E-state index in [1.165, 1.54) is 17.0 Å². The van der Waals surface area contributed by atoms with Gasteiger partial charge >= 0.3 is 0 Å². The number of Topliss-reactive ketones (excluding diaryl/α,β-unsaturated/α-hetero) is 1. The predicted molar refractivity (Wildman–Crippen MR) is 73.2 cm³/mol. The van der Waals surface area contributed by atoms with Crippen LogP contribution in [0.2, 0.25) is 0 Å². The van der Waals surface area contributed by atoms with E-state index in [2.05, 4.69) is 0 Å². The van der Waals surface area contributed by atoms with Crippen molar-refractivity contribution in [2.24, 2.45) is 0 Å². The number of fused-ring (bicyclic) bond motifs is 1. The number of carbonyl (C=O) groups excluding carboxylic acids is 2. The van der Waals surface area contributed by atoms with Crippen molar-refractivity contribution in [3.8, 4) is 0 Å². The largest absolute Gasteiger partial charge is 0.304 e. The molecule has 0 unspecified atom stereocenters. The molecule has 2 aromatic carbocycles. The lowest BCUT2D eigenvalue weighted by Gasteiger charge is -2.16. The molecule has 100 valence electrons. The zero-order valence-corrected chi connectivity index (χ0v) is 10.7. The maximum Gasteiger partial charge on any atom is 0.299 e. The SMILES string of the molecule is O=C1C(=O)N(CCc2ccccc2)c2ccc(F)cc21. The Morgan fingerprint density at radius 3 is 2.50 bits per heavy atom. The van der Waals surface area contributed by atoms with Gasteiger partial charge in [-0.2, -0.15) is 0 Å². The maximum atomic E-state index is 13.2. The summed E-state index contributed by atoms with van der Waals surface area (Å²) in [7, 11) is 0. The average Bonchev–Trinajstić information content (AvgIpc) is 2.70. The number of anilines is 1. The average molecular weight is 269 g/mol. The highest BCUT2D eigenvalue weighted by Crippen LogP contribution is 2.29. The third-order valence-corrected chi connectivity index (χ3v) is 3.40. The van der Waals surface area contributed by atoms with Gasteiger partial charge in [0.25, 0.3) is 11.7 Å². The molecule has 0 spiro atoms. The Morgan fingerprint density at radius 2 is 1.75 bits per heavy atom. The van der Waals surface area contributed by atoms with Gasteiger partial charge in [-0.05, 0) is 30.2 Å². The number of amides is 1. The first-order valence-electron chi connectivity index (χ1n) is 6.36. The van der Waals surface area contributed by atoms with E-state index in [1.54, 1.807) is 0 Å². The van der Waals surface area contributed by atoms with Crippen molar-refractivity contribution in [2.45, 2.75) is 6.42 Å². The molecule has 3 nitrogen and oxygen atoms in total. The van der Waals surface area contributed by atoms with Crippen LogP contribution in [0.4, 0.5) is 10.1 Å². The minimum atomic E-state index is -0.632. The van der Waals surface area contributed by atoms with E-state index in [9.17, 15) is 14.0 Å². The lowest BCUT2D eigenvalue weighted by atomic mass is 10.1. The Balaban J connectivity index is 1.84. The molecule has 1 heterocycles. The summed E-state index contributed by atoms with van der Waals surface area (Å²) in [6.45, 7) is 0.410. The number of nitrogens with zero attached hydrogens (tertiary/aromatic N) is 1. The summed E-state index contributed by atoms with van der Waals surface area (Å²) in [6.07, 6.45) is 0.649. The van der Waals surface area contributed by atoms with Crippen molar-refractivity contribution < 1.29 is 14.0 Å². The van der Waals surface area contributed by atoms with Gasteiger partial charge in [-0.3, -0.25) is 9.59 Å². The molecule has 4 heteroatoms. The first-order valence-corrected chi connectivity index (χ1v) is 6.36. The highest BCUT2D eigenvalue weighted by atomic mass is 19.1. The van der Waals surface area contributed by atoms with Crippen LogP contribution in [0.5, 0.6) is 0 Å². The number of rotatable bonds is 3. The summed E-state index contributed by atoms with van der Waals surface area (Å²) in [4.78, 5) is 25.2. The van der Waals surface area contributed by atoms with Crippen LogP contribution in [-0.4, -0.2) is 18.2 Å². The second-order valence-corrected chi connectivity index (χ2v) is 4.68. The molecule has 1 aliphatic heterocycles. The lowest BCUT2D eigenvalue weighted by molar-refractivity contribution is -0.114. The van der Waals surface area contributed by atoms with Crippen molar-refractivity contribution in [3.63, 3.8) is 0 Å². The van der Waals surface area contributed by atoms with Crippen molar-refractivity contribution >= 4 is 17.4 Å². The van der Waals surface area contributed by atoms with Crippen molar-refractivity contribution in [1.82, 2.24) is 0 Å². The van der Waals surface area contributed by atoms with Crippen molar-refractivity contribution in [3.05, 3.63) is 65.5 Å². The van der Waals surface area contributed by atoms with Gasteiger partial charge in [0, 0.05) is 6.54 Å². The Labute approximate surface area is 115 Å². The van der Waals surface area contributed by atoms with Crippen LogP contribution in [0, 0.1) is 5.82 Å². The Bertz CT molecular complexity index is 682. The van der Waals surface area contributed by atoms with E-state index in [0.29, 0.717) is 18.7 Å². The van der Waals surface area contributed by atoms with E-state index < -0.39 is 17.5 Å². The second kappa shape index (κ2) is 4.89. The molecule has 3 rings (SSSR count). The fourth-order valence-corrected chi connectivity index (χ4v) is 2.38. The Morgan fingerprint density at radius 1 is 1.00 bits per heavy atom. The van der Waals surface area contributed by atoms with Gasteiger partial charge in [-0.25, -0.2) is 4.39 Å². The third kappa shape index (κ3) is 2.09. The summed E-state index contributed by atoms with van der Waals surface area (Å²) in [6, 6.07) is 13.6. The standard InChI is InChI=1S/C16H12FNO2/c17-12-6-7-14-13(10-12)15(19)16(20)18(14)9-8-11-4-2-1-3-5-11/h1-7,10H,8-9H2. The molecular weight excluding hydrogens is 257 g/mol. The minimum Gasteiger partial charge on any atom is -0.304 e. The van der Waals surface area contributed by atoms with Gasteiger partial charge in [0.2, 0.25) is 0 Å². The molecule has 0 saturated heterocycles. The molecule has 1 aliphatic rings. The molecule has 0 bridgehead atoms. The Kier molecular flexibility index (Phi) is 3.06. The highest BCUT2D eigenvalue weighted by molar-refractivity contribution is 6.52. The normalized spacial score (nSPS) is 13.8. The van der Waals surface area contributed by atoms with Crippen LogP contribution >= 0.6 is 0 Å². The molecule has 0 aliphatic carbocycles. The topological polar surface area (TPSA) is 37.4 Å². The van der Waals surface area contributed by atoms with E-state index in [0.717, 1.165) is 11.6 Å². The van der Waals surface area contributed by atoms with Crippen LogP contribution in [-0.2, 0) is 11.2 Å². The number of hydrogen-bond donors (Lipinski definition) is 0. The van der Waals surface area contributed by atoms with Crippen LogP contribution in [0.25, 0.3) is 0 Å². The lowest BCUT2D eigenvalue weighted by Crippen LogP contribution is -2.31. The van der Waals surface area contributed by atoms with Gasteiger partial charge < -0.3 is 4.90 Å². The molecular formula is C16H12FNO2. The molecule has 1 amide bonds. The molecule has 0 saturated carbocycles. The highest BCUT2D eigenvalue weighted by Gasteiger charge is 2.35. The third-order valence-electron chi connectivity index (χ3n) is 3.40. The van der Waals surface area contributed by atoms with Crippen LogP contribution in [0.15, 0.2) is 48.5 Å². The van der Waals surface area contributed by atoms with E-state index in [4.69, 9.17) is 0 Å². The zero-order chi connectivity index (χ0) is 14.1. The first kappa shape index (κ1) is 12.5. The second-order valence-electron chi connectivity index (χ2n) is 4.68. The number of benzene rings is 2. The van der Waals surface area contributed by atoms with E-state index in [1.807, 2.05) is 30.3 Å². The summed E-state index contributed by atoms with van der Waals surface area (Å²) in [5.74, 6) is -1.72. The first-order chi connectivity index (χ1) is 9.66. The minimum absolute atomic E-state index is 0.156. The monoisotopic (exact) mass is 269 g/mol. The van der Waals surface area contributed by atoms with Crippen LogP contribution < -0.4 is 4.90 Å². The maximum absolute atomic E-state index is 13.2. The van der Waals surface area contributed by atoms with Crippen molar-refractivity contribution in [1.29, 1.82) is 0 Å². The van der Waals surface area contributed by atoms with Crippen LogP contribution in [0.3, 0.4) is 0 Å². The molecule has 0 radical (unpaired) electrons. The summed E-state index contributed by atoms with van der Waals surface area (Å²) in [5, 5.41) is 0. The van der Waals surface area contributed by atoms with E-state index >= 15 is 0 Å². The molecule has 0 N–H and O–H groups in total. The molecule has 2 aromatic rings. The van der Waals surface area contributed by atoms with Gasteiger partial charge in [-0.1, -0.05) is 30.3 Å². The number of ketones is 1. The smallest absolute Gasteiger partial charge is 0.299 e. The van der Waals surface area contributed by atoms with Gasteiger partial charge in [0.15, 0.2) is 0 Å². The quantitative estimate of drug-likeness (QED) is 0.803. The van der Waals surface area contributed by atoms with Gasteiger partial charge in [-0.15, -0.1) is 0 Å². The predicted octanol–water partition coefficient (Wildman–Crippen LogP) is 2.60. The molecule has 0 aromatic heterocycles. The fourth-order valence-electron chi connectivity index (χ4n) is 2.38. The van der Waals surface area contributed by atoms with Gasteiger partial charge in [0.05, 0.1) is 11.3 Å². The Hall–Kier alpha value is -2.49. The number of halogens is 1. The number of carbonyl (C=O) groups is 2. The molecule has 0 atom stereocenters. The number of hydrogen-bond acceptors (Lipinski definition) is 2. The summed E-state index contributed by atoms with van der Waals surface area (Å²) >= 11 is 0. The van der Waals surface area contributed by atoms with E-state index in [-0.39, 0.29) is 5.56 Å². The zero-order valence-electron chi connectivity index (χ0n) is 10.7. The molecule has 20 heavy (non-hydrogen) atoms. The fraction of sp³-hybridized carbons (Fsp3) is 0.125. The van der Waals surface area contributed by atoms with Crippen molar-refractivity contribution in [2.75, 3.05) is 11.4 Å². The van der Waals surface area contributed by atoms with Crippen LogP contribution in [0.1, 0.15) is 15.9 Å². The summed E-state index contributed by atoms with van der Waals surface area (Å²) in [5.41, 5.74) is 1.74. The summed E-state index contributed by atoms with van der Waals surface area (Å²) < 4.78 is 13.2. The molecule has 0 fully saturated rings.